The Balaban J connectivity index is 1.70. The Hall–Kier alpha value is -1.59. The average Bonchev–Trinajstić information content (AvgIpc) is 2.88. The Morgan fingerprint density at radius 1 is 1.48 bits per heavy atom. The van der Waals surface area contributed by atoms with Crippen molar-refractivity contribution in [3.63, 3.8) is 0 Å². The van der Waals surface area contributed by atoms with Crippen LogP contribution in [-0.4, -0.2) is 43.0 Å². The summed E-state index contributed by atoms with van der Waals surface area (Å²) in [5, 5.41) is 12.8. The van der Waals surface area contributed by atoms with Gasteiger partial charge in [0.15, 0.2) is 0 Å². The molecule has 1 aromatic carbocycles. The number of carbonyl (C=O) groups excluding carboxylic acids is 1. The molecule has 5 heteroatoms. The predicted octanol–water partition coefficient (Wildman–Crippen LogP) is 1.34. The third kappa shape index (κ3) is 4.72. The number of hydrogen-bond donors (Lipinski definition) is 2. The van der Waals surface area contributed by atoms with Crippen molar-refractivity contribution in [3.05, 3.63) is 29.3 Å². The van der Waals surface area contributed by atoms with Crippen molar-refractivity contribution in [2.75, 3.05) is 26.4 Å². The van der Waals surface area contributed by atoms with Crippen molar-refractivity contribution >= 4 is 5.91 Å². The molecular formula is C16H23NO4. The summed E-state index contributed by atoms with van der Waals surface area (Å²) < 4.78 is 10.8. The van der Waals surface area contributed by atoms with Crippen LogP contribution in [-0.2, 0) is 9.53 Å². The van der Waals surface area contributed by atoms with E-state index >= 15 is 0 Å². The number of hydrogen-bond acceptors (Lipinski definition) is 4. The molecule has 0 aromatic heterocycles. The molecule has 0 aliphatic carbocycles. The Morgan fingerprint density at radius 3 is 3.00 bits per heavy atom. The number of carbonyl (C=O) groups is 1. The van der Waals surface area contributed by atoms with Crippen LogP contribution in [0.3, 0.4) is 0 Å². The second-order valence-corrected chi connectivity index (χ2v) is 5.67. The van der Waals surface area contributed by atoms with Gasteiger partial charge in [-0.25, -0.2) is 0 Å². The van der Waals surface area contributed by atoms with E-state index in [1.54, 1.807) is 0 Å². The minimum Gasteiger partial charge on any atom is -0.493 e. The molecule has 21 heavy (non-hydrogen) atoms. The zero-order valence-corrected chi connectivity index (χ0v) is 12.6. The Bertz CT molecular complexity index is 495. The molecule has 1 amide bonds. The van der Waals surface area contributed by atoms with E-state index < -0.39 is 5.60 Å². The summed E-state index contributed by atoms with van der Waals surface area (Å²) in [7, 11) is 0. The zero-order valence-electron chi connectivity index (χ0n) is 12.6. The van der Waals surface area contributed by atoms with Gasteiger partial charge in [-0.15, -0.1) is 0 Å². The molecular weight excluding hydrogens is 270 g/mol. The van der Waals surface area contributed by atoms with Crippen molar-refractivity contribution in [1.82, 2.24) is 5.32 Å². The summed E-state index contributed by atoms with van der Waals surface area (Å²) in [6.45, 7) is 5.36. The second kappa shape index (κ2) is 6.91. The fourth-order valence-corrected chi connectivity index (χ4v) is 2.20. The number of ether oxygens (including phenoxy) is 2. The van der Waals surface area contributed by atoms with Crippen molar-refractivity contribution < 1.29 is 19.4 Å². The van der Waals surface area contributed by atoms with Gasteiger partial charge in [-0.1, -0.05) is 12.1 Å². The maximum atomic E-state index is 11.7. The van der Waals surface area contributed by atoms with Gasteiger partial charge >= 0.3 is 0 Å². The highest BCUT2D eigenvalue weighted by Crippen LogP contribution is 2.19. The van der Waals surface area contributed by atoms with Gasteiger partial charge in [-0.3, -0.25) is 4.79 Å². The van der Waals surface area contributed by atoms with Crippen LogP contribution in [0.1, 0.15) is 24.0 Å². The van der Waals surface area contributed by atoms with E-state index in [0.717, 1.165) is 16.9 Å². The van der Waals surface area contributed by atoms with E-state index in [9.17, 15) is 9.90 Å². The molecule has 1 unspecified atom stereocenters. The van der Waals surface area contributed by atoms with Gasteiger partial charge in [0.1, 0.15) is 11.4 Å². The van der Waals surface area contributed by atoms with E-state index in [-0.39, 0.29) is 25.5 Å². The Morgan fingerprint density at radius 2 is 2.29 bits per heavy atom. The summed E-state index contributed by atoms with van der Waals surface area (Å²) in [6.07, 6.45) is 0.830. The first-order chi connectivity index (χ1) is 9.98. The highest BCUT2D eigenvalue weighted by atomic mass is 16.5. The van der Waals surface area contributed by atoms with Crippen molar-refractivity contribution in [1.29, 1.82) is 0 Å². The smallest absolute Gasteiger partial charge is 0.223 e. The highest BCUT2D eigenvalue weighted by molar-refractivity contribution is 5.76. The van der Waals surface area contributed by atoms with E-state index in [0.29, 0.717) is 19.6 Å². The summed E-state index contributed by atoms with van der Waals surface area (Å²) >= 11 is 0. The first-order valence-electron chi connectivity index (χ1n) is 7.25. The molecule has 0 spiro atoms. The molecule has 1 fully saturated rings. The van der Waals surface area contributed by atoms with Crippen LogP contribution in [0.4, 0.5) is 0 Å². The predicted molar refractivity (Wildman–Crippen MR) is 79.4 cm³/mol. The summed E-state index contributed by atoms with van der Waals surface area (Å²) in [5.74, 6) is 0.686. The van der Waals surface area contributed by atoms with Crippen molar-refractivity contribution in [3.8, 4) is 5.75 Å². The van der Waals surface area contributed by atoms with Crippen LogP contribution in [0.5, 0.6) is 5.75 Å². The van der Waals surface area contributed by atoms with Gasteiger partial charge < -0.3 is 19.9 Å². The molecule has 0 radical (unpaired) electrons. The van der Waals surface area contributed by atoms with Crippen molar-refractivity contribution in [2.24, 2.45) is 0 Å². The standard InChI is InChI=1S/C16H23NO4/c1-12-3-4-13(2)14(9-12)21-7-5-15(18)17-10-16(19)6-8-20-11-16/h3-4,9,19H,5-8,10-11H2,1-2H3,(H,17,18). The molecule has 0 saturated carbocycles. The minimum atomic E-state index is -0.913. The van der Waals surface area contributed by atoms with Gasteiger partial charge in [0.25, 0.3) is 0 Å². The lowest BCUT2D eigenvalue weighted by Crippen LogP contribution is -2.43. The third-order valence-corrected chi connectivity index (χ3v) is 3.63. The molecule has 1 atom stereocenters. The first kappa shape index (κ1) is 15.8. The number of aryl methyl sites for hydroxylation is 2. The SMILES string of the molecule is Cc1ccc(C)c(OCCC(=O)NCC2(O)CCOC2)c1. The van der Waals surface area contributed by atoms with E-state index in [2.05, 4.69) is 5.32 Å². The van der Waals surface area contributed by atoms with Crippen LogP contribution in [0, 0.1) is 13.8 Å². The van der Waals surface area contributed by atoms with E-state index in [1.165, 1.54) is 0 Å². The number of amides is 1. The Kier molecular flexibility index (Phi) is 5.20. The lowest BCUT2D eigenvalue weighted by Gasteiger charge is -2.20. The minimum absolute atomic E-state index is 0.124. The summed E-state index contributed by atoms with van der Waals surface area (Å²) in [6, 6.07) is 5.99. The second-order valence-electron chi connectivity index (χ2n) is 5.67. The number of aliphatic hydroxyl groups is 1. The van der Waals surface area contributed by atoms with Gasteiger partial charge in [-0.05, 0) is 31.0 Å². The number of rotatable bonds is 6. The molecule has 2 rings (SSSR count). The lowest BCUT2D eigenvalue weighted by atomic mass is 10.0. The number of nitrogens with one attached hydrogen (secondary N) is 1. The van der Waals surface area contributed by atoms with Gasteiger partial charge in [0.2, 0.25) is 5.91 Å². The molecule has 1 aliphatic heterocycles. The average molecular weight is 293 g/mol. The first-order valence-corrected chi connectivity index (χ1v) is 7.25. The quantitative estimate of drug-likeness (QED) is 0.830. The fourth-order valence-electron chi connectivity index (χ4n) is 2.20. The van der Waals surface area contributed by atoms with Crippen LogP contribution in [0.15, 0.2) is 18.2 Å². The van der Waals surface area contributed by atoms with E-state index in [4.69, 9.17) is 9.47 Å². The molecule has 5 nitrogen and oxygen atoms in total. The van der Waals surface area contributed by atoms with Gasteiger partial charge in [0, 0.05) is 19.6 Å². The maximum absolute atomic E-state index is 11.7. The molecule has 1 aromatic rings. The summed E-state index contributed by atoms with van der Waals surface area (Å²) in [4.78, 5) is 11.7. The third-order valence-electron chi connectivity index (χ3n) is 3.63. The molecule has 0 bridgehead atoms. The van der Waals surface area contributed by atoms with Crippen LogP contribution < -0.4 is 10.1 Å². The van der Waals surface area contributed by atoms with Crippen LogP contribution in [0.25, 0.3) is 0 Å². The summed E-state index contributed by atoms with van der Waals surface area (Å²) in [5.41, 5.74) is 1.27. The largest absolute Gasteiger partial charge is 0.493 e. The topological polar surface area (TPSA) is 67.8 Å². The monoisotopic (exact) mass is 293 g/mol. The normalized spacial score (nSPS) is 21.3. The van der Waals surface area contributed by atoms with Gasteiger partial charge in [-0.2, -0.15) is 0 Å². The van der Waals surface area contributed by atoms with Crippen molar-refractivity contribution in [2.45, 2.75) is 32.3 Å². The molecule has 1 heterocycles. The molecule has 116 valence electrons. The maximum Gasteiger partial charge on any atom is 0.223 e. The Labute approximate surface area is 125 Å². The van der Waals surface area contributed by atoms with Crippen LogP contribution in [0.2, 0.25) is 0 Å². The molecule has 1 saturated heterocycles. The van der Waals surface area contributed by atoms with E-state index in [1.807, 2.05) is 32.0 Å². The fraction of sp³-hybridized carbons (Fsp3) is 0.562. The lowest BCUT2D eigenvalue weighted by molar-refractivity contribution is -0.122. The number of benzene rings is 1. The highest BCUT2D eigenvalue weighted by Gasteiger charge is 2.32. The van der Waals surface area contributed by atoms with Gasteiger partial charge in [0.05, 0.1) is 19.6 Å². The van der Waals surface area contributed by atoms with Crippen LogP contribution >= 0.6 is 0 Å². The zero-order chi connectivity index (χ0) is 15.3. The molecule has 1 aliphatic rings. The molecule has 2 N–H and O–H groups in total.